The van der Waals surface area contributed by atoms with E-state index >= 15 is 0 Å². The third-order valence-corrected chi connectivity index (χ3v) is 4.65. The summed E-state index contributed by atoms with van der Waals surface area (Å²) in [7, 11) is 0. The number of nitrogens with two attached hydrogens (primary N) is 1. The maximum atomic E-state index is 6.41. The van der Waals surface area contributed by atoms with Crippen molar-refractivity contribution >= 4 is 23.2 Å². The quantitative estimate of drug-likeness (QED) is 0.884. The fraction of sp³-hybridized carbons (Fsp3) is 0.600. The van der Waals surface area contributed by atoms with Gasteiger partial charge in [0.1, 0.15) is 0 Å². The van der Waals surface area contributed by atoms with Crippen LogP contribution in [0.4, 0.5) is 0 Å². The Hall–Kier alpha value is -0.280. The second-order valence-corrected chi connectivity index (χ2v) is 6.42. The third-order valence-electron chi connectivity index (χ3n) is 3.92. The fourth-order valence-electron chi connectivity index (χ4n) is 2.93. The van der Waals surface area contributed by atoms with Gasteiger partial charge in [-0.05, 0) is 50.9 Å². The number of rotatable bonds is 2. The van der Waals surface area contributed by atoms with Gasteiger partial charge >= 0.3 is 0 Å². The topological polar surface area (TPSA) is 29.3 Å². The SMILES string of the molecule is CC(C)N1CCCCC(N)C1c1ccc(Cl)c(Cl)c1. The van der Waals surface area contributed by atoms with Gasteiger partial charge < -0.3 is 5.73 Å². The van der Waals surface area contributed by atoms with Crippen molar-refractivity contribution in [3.63, 3.8) is 0 Å². The van der Waals surface area contributed by atoms with Crippen LogP contribution in [0.5, 0.6) is 0 Å². The first-order valence-electron chi connectivity index (χ1n) is 6.97. The first-order valence-corrected chi connectivity index (χ1v) is 7.72. The highest BCUT2D eigenvalue weighted by molar-refractivity contribution is 6.42. The highest BCUT2D eigenvalue weighted by Gasteiger charge is 2.30. The molecule has 0 amide bonds. The maximum absolute atomic E-state index is 6.41. The number of hydrogen-bond donors (Lipinski definition) is 1. The molecular formula is C15H22Cl2N2. The first-order chi connectivity index (χ1) is 9.00. The van der Waals surface area contributed by atoms with Crippen molar-refractivity contribution in [2.24, 2.45) is 5.73 Å². The van der Waals surface area contributed by atoms with E-state index in [1.165, 1.54) is 18.4 Å². The molecule has 0 aromatic heterocycles. The molecule has 0 aliphatic carbocycles. The molecule has 1 aliphatic rings. The Morgan fingerprint density at radius 3 is 2.58 bits per heavy atom. The summed E-state index contributed by atoms with van der Waals surface area (Å²) in [6.07, 6.45) is 3.47. The molecule has 0 radical (unpaired) electrons. The van der Waals surface area contributed by atoms with Gasteiger partial charge in [-0.3, -0.25) is 4.90 Å². The Morgan fingerprint density at radius 1 is 1.21 bits per heavy atom. The van der Waals surface area contributed by atoms with E-state index in [1.807, 2.05) is 12.1 Å². The predicted molar refractivity (Wildman–Crippen MR) is 82.9 cm³/mol. The molecule has 1 heterocycles. The Labute approximate surface area is 125 Å². The standard InChI is InChI=1S/C15H22Cl2N2/c1-10(2)19-8-4-3-5-14(18)15(19)11-6-7-12(16)13(17)9-11/h6-7,9-10,14-15H,3-5,8,18H2,1-2H3. The summed E-state index contributed by atoms with van der Waals surface area (Å²) >= 11 is 12.2. The van der Waals surface area contributed by atoms with E-state index in [2.05, 4.69) is 24.8 Å². The first kappa shape index (κ1) is 15.1. The highest BCUT2D eigenvalue weighted by atomic mass is 35.5. The van der Waals surface area contributed by atoms with Gasteiger partial charge in [0.15, 0.2) is 0 Å². The molecule has 2 atom stereocenters. The smallest absolute Gasteiger partial charge is 0.0595 e. The van der Waals surface area contributed by atoms with Crippen molar-refractivity contribution in [3.8, 4) is 0 Å². The second-order valence-electron chi connectivity index (χ2n) is 5.61. The molecule has 2 unspecified atom stereocenters. The van der Waals surface area contributed by atoms with Crippen LogP contribution in [0.1, 0.15) is 44.7 Å². The zero-order valence-electron chi connectivity index (χ0n) is 11.6. The summed E-state index contributed by atoms with van der Waals surface area (Å²) < 4.78 is 0. The summed E-state index contributed by atoms with van der Waals surface area (Å²) in [6.45, 7) is 5.54. The molecule has 106 valence electrons. The predicted octanol–water partition coefficient (Wildman–Crippen LogP) is 4.26. The van der Waals surface area contributed by atoms with Crippen LogP contribution in [-0.4, -0.2) is 23.5 Å². The number of hydrogen-bond acceptors (Lipinski definition) is 2. The lowest BCUT2D eigenvalue weighted by atomic mass is 9.95. The second kappa shape index (κ2) is 6.45. The lowest BCUT2D eigenvalue weighted by Crippen LogP contribution is -2.43. The van der Waals surface area contributed by atoms with Gasteiger partial charge in [-0.15, -0.1) is 0 Å². The summed E-state index contributed by atoms with van der Waals surface area (Å²) in [5.41, 5.74) is 7.59. The average molecular weight is 301 g/mol. The van der Waals surface area contributed by atoms with E-state index in [9.17, 15) is 0 Å². The molecule has 0 saturated carbocycles. The van der Waals surface area contributed by atoms with Crippen LogP contribution in [0.15, 0.2) is 18.2 Å². The van der Waals surface area contributed by atoms with Gasteiger partial charge in [-0.25, -0.2) is 0 Å². The van der Waals surface area contributed by atoms with Crippen LogP contribution in [-0.2, 0) is 0 Å². The Balaban J connectivity index is 2.37. The number of likely N-dealkylation sites (tertiary alicyclic amines) is 1. The van der Waals surface area contributed by atoms with Gasteiger partial charge in [0.2, 0.25) is 0 Å². The van der Waals surface area contributed by atoms with Crippen molar-refractivity contribution in [3.05, 3.63) is 33.8 Å². The number of nitrogens with zero attached hydrogens (tertiary/aromatic N) is 1. The third kappa shape index (κ3) is 3.43. The molecule has 2 rings (SSSR count). The summed E-state index contributed by atoms with van der Waals surface area (Å²) in [4.78, 5) is 2.48. The Morgan fingerprint density at radius 2 is 1.95 bits per heavy atom. The van der Waals surface area contributed by atoms with Crippen molar-refractivity contribution in [1.82, 2.24) is 4.90 Å². The lowest BCUT2D eigenvalue weighted by molar-refractivity contribution is 0.144. The van der Waals surface area contributed by atoms with Crippen molar-refractivity contribution in [2.75, 3.05) is 6.54 Å². The van der Waals surface area contributed by atoms with E-state index < -0.39 is 0 Å². The Bertz CT molecular complexity index is 434. The van der Waals surface area contributed by atoms with Crippen molar-refractivity contribution in [2.45, 2.75) is 51.2 Å². The van der Waals surface area contributed by atoms with Gasteiger partial charge in [0.05, 0.1) is 16.1 Å². The van der Waals surface area contributed by atoms with Crippen molar-refractivity contribution < 1.29 is 0 Å². The summed E-state index contributed by atoms with van der Waals surface area (Å²) in [6, 6.07) is 6.76. The van der Waals surface area contributed by atoms with Crippen molar-refractivity contribution in [1.29, 1.82) is 0 Å². The largest absolute Gasteiger partial charge is 0.326 e. The molecule has 0 bridgehead atoms. The lowest BCUT2D eigenvalue weighted by Gasteiger charge is -2.36. The fourth-order valence-corrected chi connectivity index (χ4v) is 3.24. The van der Waals surface area contributed by atoms with Crippen LogP contribution < -0.4 is 5.73 Å². The molecule has 1 aromatic carbocycles. The van der Waals surface area contributed by atoms with Gasteiger partial charge in [0.25, 0.3) is 0 Å². The van der Waals surface area contributed by atoms with Crippen LogP contribution in [0.2, 0.25) is 10.0 Å². The minimum absolute atomic E-state index is 0.155. The van der Waals surface area contributed by atoms with Crippen LogP contribution in [0, 0.1) is 0 Å². The maximum Gasteiger partial charge on any atom is 0.0595 e. The number of benzene rings is 1. The van der Waals surface area contributed by atoms with E-state index in [0.29, 0.717) is 16.1 Å². The van der Waals surface area contributed by atoms with E-state index in [1.54, 1.807) is 0 Å². The molecule has 1 aromatic rings. The summed E-state index contributed by atoms with van der Waals surface area (Å²) in [5, 5.41) is 1.21. The van der Waals surface area contributed by atoms with Gasteiger partial charge in [-0.2, -0.15) is 0 Å². The molecule has 2 nitrogen and oxygen atoms in total. The molecule has 0 spiro atoms. The van der Waals surface area contributed by atoms with Gasteiger partial charge in [0, 0.05) is 12.1 Å². The van der Waals surface area contributed by atoms with Gasteiger partial charge in [-0.1, -0.05) is 35.7 Å². The molecule has 1 fully saturated rings. The van der Waals surface area contributed by atoms with E-state index in [-0.39, 0.29) is 12.1 Å². The minimum atomic E-state index is 0.155. The molecule has 2 N–H and O–H groups in total. The number of halogens is 2. The van der Waals surface area contributed by atoms with Crippen LogP contribution >= 0.6 is 23.2 Å². The Kier molecular flexibility index (Phi) is 5.13. The molecular weight excluding hydrogens is 279 g/mol. The highest BCUT2D eigenvalue weighted by Crippen LogP contribution is 2.34. The normalized spacial score (nSPS) is 25.6. The molecule has 19 heavy (non-hydrogen) atoms. The zero-order valence-corrected chi connectivity index (χ0v) is 13.1. The van der Waals surface area contributed by atoms with Crippen LogP contribution in [0.25, 0.3) is 0 Å². The molecule has 1 aliphatic heterocycles. The molecule has 1 saturated heterocycles. The molecule has 4 heteroatoms. The minimum Gasteiger partial charge on any atom is -0.326 e. The van der Waals surface area contributed by atoms with E-state index in [4.69, 9.17) is 28.9 Å². The van der Waals surface area contributed by atoms with Crippen LogP contribution in [0.3, 0.4) is 0 Å². The monoisotopic (exact) mass is 300 g/mol. The van der Waals surface area contributed by atoms with E-state index in [0.717, 1.165) is 13.0 Å². The summed E-state index contributed by atoms with van der Waals surface area (Å²) in [5.74, 6) is 0. The zero-order chi connectivity index (χ0) is 14.0. The average Bonchev–Trinajstić information content (AvgIpc) is 2.55.